The molecule has 0 spiro atoms. The number of hydrogen-bond acceptors (Lipinski definition) is 6. The number of aromatic nitrogens is 1. The van der Waals surface area contributed by atoms with Crippen LogP contribution in [0.3, 0.4) is 0 Å². The summed E-state index contributed by atoms with van der Waals surface area (Å²) in [6.45, 7) is 1.45. The van der Waals surface area contributed by atoms with Crippen molar-refractivity contribution in [3.8, 4) is 17.2 Å². The van der Waals surface area contributed by atoms with Gasteiger partial charge in [-0.2, -0.15) is 0 Å². The molecule has 28 heavy (non-hydrogen) atoms. The van der Waals surface area contributed by atoms with E-state index >= 15 is 0 Å². The Morgan fingerprint density at radius 1 is 1.00 bits per heavy atom. The number of rotatable bonds is 6. The molecule has 0 saturated carbocycles. The minimum Gasteiger partial charge on any atom is -0.493 e. The average molecular weight is 385 g/mol. The van der Waals surface area contributed by atoms with E-state index in [1.165, 1.54) is 33.6 Å². The van der Waals surface area contributed by atoms with Gasteiger partial charge in [0.25, 0.3) is 11.8 Å². The van der Waals surface area contributed by atoms with Crippen molar-refractivity contribution in [3.05, 3.63) is 41.7 Å². The van der Waals surface area contributed by atoms with Gasteiger partial charge in [0.15, 0.2) is 11.5 Å². The highest BCUT2D eigenvalue weighted by Gasteiger charge is 2.22. The van der Waals surface area contributed by atoms with Gasteiger partial charge in [0.05, 0.1) is 21.3 Å². The number of carbonyl (C=O) groups is 2. The Balaban J connectivity index is 1.81. The van der Waals surface area contributed by atoms with Gasteiger partial charge >= 0.3 is 0 Å². The zero-order valence-corrected chi connectivity index (χ0v) is 16.2. The molecule has 1 aromatic heterocycles. The van der Waals surface area contributed by atoms with Crippen LogP contribution < -0.4 is 19.5 Å². The molecule has 8 heteroatoms. The molecule has 1 aliphatic heterocycles. The zero-order valence-electron chi connectivity index (χ0n) is 16.2. The third kappa shape index (κ3) is 4.00. The van der Waals surface area contributed by atoms with Crippen molar-refractivity contribution < 1.29 is 23.8 Å². The van der Waals surface area contributed by atoms with Crippen molar-refractivity contribution in [2.24, 2.45) is 0 Å². The average Bonchev–Trinajstić information content (AvgIpc) is 3.27. The van der Waals surface area contributed by atoms with E-state index < -0.39 is 0 Å². The maximum atomic E-state index is 12.7. The van der Waals surface area contributed by atoms with Crippen LogP contribution in [0.25, 0.3) is 0 Å². The molecule has 0 aliphatic carbocycles. The SMILES string of the molecule is COc1cc(NC(=O)c2ccnc(C(=O)N3CCCC3)c2)cc(OC)c1OC. The first-order chi connectivity index (χ1) is 13.6. The molecule has 1 N–H and O–H groups in total. The van der Waals surface area contributed by atoms with E-state index in [0.29, 0.717) is 28.5 Å². The summed E-state index contributed by atoms with van der Waals surface area (Å²) in [5.41, 5.74) is 1.08. The topological polar surface area (TPSA) is 90.0 Å². The second-order valence-electron chi connectivity index (χ2n) is 6.30. The molecule has 1 saturated heterocycles. The number of ether oxygens (including phenoxy) is 3. The molecule has 0 unspecified atom stereocenters. The fraction of sp³-hybridized carbons (Fsp3) is 0.350. The predicted octanol–water partition coefficient (Wildman–Crippen LogP) is 2.60. The van der Waals surface area contributed by atoms with Crippen LogP contribution in [0.1, 0.15) is 33.7 Å². The van der Waals surface area contributed by atoms with Crippen molar-refractivity contribution in [1.82, 2.24) is 9.88 Å². The zero-order chi connectivity index (χ0) is 20.1. The number of amides is 2. The lowest BCUT2D eigenvalue weighted by atomic mass is 10.2. The van der Waals surface area contributed by atoms with Crippen LogP contribution in [0.2, 0.25) is 0 Å². The Hall–Kier alpha value is -3.29. The maximum absolute atomic E-state index is 12.7. The molecule has 2 amide bonds. The molecule has 1 aliphatic rings. The van der Waals surface area contributed by atoms with Crippen LogP contribution in [0, 0.1) is 0 Å². The monoisotopic (exact) mass is 385 g/mol. The standard InChI is InChI=1S/C20H23N3O5/c1-26-16-11-14(12-17(27-2)18(16)28-3)22-19(24)13-6-7-21-15(10-13)20(25)23-8-4-5-9-23/h6-7,10-12H,4-5,8-9H2,1-3H3,(H,22,24). The Morgan fingerprint density at radius 2 is 1.64 bits per heavy atom. The molecule has 2 aromatic rings. The van der Waals surface area contributed by atoms with E-state index in [-0.39, 0.29) is 17.5 Å². The van der Waals surface area contributed by atoms with Gasteiger partial charge < -0.3 is 24.4 Å². The van der Waals surface area contributed by atoms with Crippen LogP contribution in [-0.4, -0.2) is 56.1 Å². The Labute approximate surface area is 163 Å². The fourth-order valence-electron chi connectivity index (χ4n) is 3.13. The molecule has 2 heterocycles. The Bertz CT molecular complexity index is 853. The second kappa shape index (κ2) is 8.60. The second-order valence-corrected chi connectivity index (χ2v) is 6.30. The highest BCUT2D eigenvalue weighted by Crippen LogP contribution is 2.40. The third-order valence-electron chi connectivity index (χ3n) is 4.56. The molecular weight excluding hydrogens is 362 g/mol. The molecule has 0 bridgehead atoms. The summed E-state index contributed by atoms with van der Waals surface area (Å²) in [5, 5.41) is 2.79. The van der Waals surface area contributed by atoms with Gasteiger partial charge in [0.1, 0.15) is 5.69 Å². The summed E-state index contributed by atoms with van der Waals surface area (Å²) in [5.74, 6) is 0.769. The number of hydrogen-bond donors (Lipinski definition) is 1. The van der Waals surface area contributed by atoms with E-state index in [1.54, 1.807) is 23.1 Å². The molecule has 3 rings (SSSR count). The number of benzene rings is 1. The van der Waals surface area contributed by atoms with Crippen molar-refractivity contribution in [3.63, 3.8) is 0 Å². The lowest BCUT2D eigenvalue weighted by Crippen LogP contribution is -2.28. The van der Waals surface area contributed by atoms with Crippen molar-refractivity contribution in [2.75, 3.05) is 39.7 Å². The Morgan fingerprint density at radius 3 is 2.21 bits per heavy atom. The van der Waals surface area contributed by atoms with Gasteiger partial charge in [-0.25, -0.2) is 0 Å². The molecule has 148 valence electrons. The smallest absolute Gasteiger partial charge is 0.272 e. The van der Waals surface area contributed by atoms with Gasteiger partial charge in [-0.15, -0.1) is 0 Å². The Kier molecular flexibility index (Phi) is 5.98. The summed E-state index contributed by atoms with van der Waals surface area (Å²) >= 11 is 0. The minimum atomic E-state index is -0.368. The lowest BCUT2D eigenvalue weighted by Gasteiger charge is -2.16. The van der Waals surface area contributed by atoms with Crippen molar-refractivity contribution in [1.29, 1.82) is 0 Å². The highest BCUT2D eigenvalue weighted by molar-refractivity contribution is 6.06. The summed E-state index contributed by atoms with van der Waals surface area (Å²) < 4.78 is 15.9. The van der Waals surface area contributed by atoms with Gasteiger partial charge in [-0.05, 0) is 25.0 Å². The number of likely N-dealkylation sites (tertiary alicyclic amines) is 1. The minimum absolute atomic E-state index is 0.153. The summed E-state index contributed by atoms with van der Waals surface area (Å²) in [6, 6.07) is 6.34. The molecule has 1 fully saturated rings. The van der Waals surface area contributed by atoms with Crippen LogP contribution in [0.15, 0.2) is 30.5 Å². The molecule has 0 atom stereocenters. The van der Waals surface area contributed by atoms with Crippen LogP contribution in [0.5, 0.6) is 17.2 Å². The van der Waals surface area contributed by atoms with Crippen LogP contribution >= 0.6 is 0 Å². The van der Waals surface area contributed by atoms with E-state index in [0.717, 1.165) is 25.9 Å². The fourth-order valence-corrected chi connectivity index (χ4v) is 3.13. The normalized spacial score (nSPS) is 13.2. The summed E-state index contributed by atoms with van der Waals surface area (Å²) in [4.78, 5) is 31.1. The van der Waals surface area contributed by atoms with Gasteiger partial charge in [0, 0.05) is 42.7 Å². The molecule has 8 nitrogen and oxygen atoms in total. The summed E-state index contributed by atoms with van der Waals surface area (Å²) in [6.07, 6.45) is 3.45. The van der Waals surface area contributed by atoms with E-state index in [9.17, 15) is 9.59 Å². The first-order valence-electron chi connectivity index (χ1n) is 8.94. The highest BCUT2D eigenvalue weighted by atomic mass is 16.5. The first-order valence-corrected chi connectivity index (χ1v) is 8.94. The van der Waals surface area contributed by atoms with Crippen LogP contribution in [-0.2, 0) is 0 Å². The van der Waals surface area contributed by atoms with Gasteiger partial charge in [-0.3, -0.25) is 14.6 Å². The van der Waals surface area contributed by atoms with Gasteiger partial charge in [0.2, 0.25) is 5.75 Å². The largest absolute Gasteiger partial charge is 0.493 e. The quantitative estimate of drug-likeness (QED) is 0.822. The summed E-state index contributed by atoms with van der Waals surface area (Å²) in [7, 11) is 4.51. The number of methoxy groups -OCH3 is 3. The predicted molar refractivity (Wildman–Crippen MR) is 103 cm³/mol. The third-order valence-corrected chi connectivity index (χ3v) is 4.56. The lowest BCUT2D eigenvalue weighted by molar-refractivity contribution is 0.0787. The number of nitrogens with zero attached hydrogens (tertiary/aromatic N) is 2. The van der Waals surface area contributed by atoms with E-state index in [1.807, 2.05) is 0 Å². The number of carbonyl (C=O) groups excluding carboxylic acids is 2. The van der Waals surface area contributed by atoms with Crippen LogP contribution in [0.4, 0.5) is 5.69 Å². The van der Waals surface area contributed by atoms with Crippen molar-refractivity contribution >= 4 is 17.5 Å². The van der Waals surface area contributed by atoms with E-state index in [2.05, 4.69) is 10.3 Å². The maximum Gasteiger partial charge on any atom is 0.272 e. The number of pyridine rings is 1. The van der Waals surface area contributed by atoms with E-state index in [4.69, 9.17) is 14.2 Å². The van der Waals surface area contributed by atoms with Crippen molar-refractivity contribution in [2.45, 2.75) is 12.8 Å². The molecule has 1 aromatic carbocycles. The number of nitrogens with one attached hydrogen (secondary N) is 1. The first kappa shape index (κ1) is 19.5. The molecule has 0 radical (unpaired) electrons. The van der Waals surface area contributed by atoms with Gasteiger partial charge in [-0.1, -0.05) is 0 Å². The molecular formula is C20H23N3O5. The number of anilines is 1.